The lowest BCUT2D eigenvalue weighted by Gasteiger charge is -2.08. The fraction of sp³-hybridized carbons (Fsp3) is 0. The summed E-state index contributed by atoms with van der Waals surface area (Å²) >= 11 is 13.7. The zero-order chi connectivity index (χ0) is 14.0. The molecule has 2 aromatic rings. The summed E-state index contributed by atoms with van der Waals surface area (Å²) in [6.07, 6.45) is 0. The quantitative estimate of drug-likeness (QED) is 0.428. The molecule has 2 aromatic carbocycles. The van der Waals surface area contributed by atoms with Crippen molar-refractivity contribution >= 4 is 62.9 Å². The standard InChI is InChI=1S/C12H7Cl2IN2O2/c13-9-3-1-7(5-10(9)14)16-8-2-4-12(17(18)19)11(15)6-8/h1-6,16H. The van der Waals surface area contributed by atoms with E-state index in [4.69, 9.17) is 23.2 Å². The zero-order valence-corrected chi connectivity index (χ0v) is 13.0. The molecule has 0 bridgehead atoms. The molecule has 7 heteroatoms. The SMILES string of the molecule is O=[N+]([O-])c1ccc(Nc2ccc(Cl)c(Cl)c2)cc1I. The van der Waals surface area contributed by atoms with Crippen LogP contribution in [0.15, 0.2) is 36.4 Å². The second kappa shape index (κ2) is 5.94. The first-order valence-electron chi connectivity index (χ1n) is 5.13. The molecular formula is C12H7Cl2IN2O2. The maximum absolute atomic E-state index is 10.7. The van der Waals surface area contributed by atoms with Gasteiger partial charge in [0.05, 0.1) is 18.5 Å². The second-order valence-electron chi connectivity index (χ2n) is 3.68. The molecule has 0 aliphatic rings. The fourth-order valence-electron chi connectivity index (χ4n) is 1.47. The molecule has 0 radical (unpaired) electrons. The van der Waals surface area contributed by atoms with Crippen molar-refractivity contribution in [2.24, 2.45) is 0 Å². The van der Waals surface area contributed by atoms with Crippen LogP contribution in [-0.4, -0.2) is 4.92 Å². The van der Waals surface area contributed by atoms with E-state index in [0.717, 1.165) is 11.4 Å². The smallest absolute Gasteiger partial charge is 0.282 e. The summed E-state index contributed by atoms with van der Waals surface area (Å²) in [5, 5.41) is 14.8. The van der Waals surface area contributed by atoms with Crippen molar-refractivity contribution in [3.63, 3.8) is 0 Å². The zero-order valence-electron chi connectivity index (χ0n) is 9.36. The molecule has 0 atom stereocenters. The highest BCUT2D eigenvalue weighted by molar-refractivity contribution is 14.1. The van der Waals surface area contributed by atoms with Gasteiger partial charge < -0.3 is 5.32 Å². The van der Waals surface area contributed by atoms with Gasteiger partial charge in [0.25, 0.3) is 5.69 Å². The van der Waals surface area contributed by atoms with Crippen LogP contribution in [0.3, 0.4) is 0 Å². The number of benzene rings is 2. The van der Waals surface area contributed by atoms with Gasteiger partial charge in [0, 0.05) is 17.4 Å². The third-order valence-electron chi connectivity index (χ3n) is 2.35. The number of nitrogens with one attached hydrogen (secondary N) is 1. The first-order valence-corrected chi connectivity index (χ1v) is 6.97. The fourth-order valence-corrected chi connectivity index (χ4v) is 2.48. The van der Waals surface area contributed by atoms with E-state index in [2.05, 4.69) is 5.32 Å². The molecule has 0 aromatic heterocycles. The Morgan fingerprint density at radius 3 is 2.26 bits per heavy atom. The van der Waals surface area contributed by atoms with Crippen molar-refractivity contribution in [2.45, 2.75) is 0 Å². The molecular weight excluding hydrogens is 402 g/mol. The number of nitro groups is 1. The molecule has 0 amide bonds. The van der Waals surface area contributed by atoms with E-state index in [1.54, 1.807) is 30.3 Å². The highest BCUT2D eigenvalue weighted by Crippen LogP contribution is 2.29. The van der Waals surface area contributed by atoms with Gasteiger partial charge in [-0.25, -0.2) is 0 Å². The van der Waals surface area contributed by atoms with E-state index in [9.17, 15) is 10.1 Å². The van der Waals surface area contributed by atoms with Crippen LogP contribution in [0.4, 0.5) is 17.1 Å². The molecule has 0 spiro atoms. The van der Waals surface area contributed by atoms with E-state index in [1.807, 2.05) is 22.6 Å². The highest BCUT2D eigenvalue weighted by Gasteiger charge is 2.11. The summed E-state index contributed by atoms with van der Waals surface area (Å²) in [5.41, 5.74) is 1.59. The minimum absolute atomic E-state index is 0.0836. The minimum Gasteiger partial charge on any atom is -0.355 e. The van der Waals surface area contributed by atoms with Gasteiger partial charge >= 0.3 is 0 Å². The molecule has 0 unspecified atom stereocenters. The third kappa shape index (κ3) is 3.49. The maximum atomic E-state index is 10.7. The van der Waals surface area contributed by atoms with E-state index in [0.29, 0.717) is 13.6 Å². The predicted molar refractivity (Wildman–Crippen MR) is 85.6 cm³/mol. The van der Waals surface area contributed by atoms with Crippen LogP contribution in [0.25, 0.3) is 0 Å². The van der Waals surface area contributed by atoms with Crippen LogP contribution in [0.1, 0.15) is 0 Å². The lowest BCUT2D eigenvalue weighted by molar-refractivity contribution is -0.385. The van der Waals surface area contributed by atoms with Gasteiger partial charge in [-0.05, 0) is 52.9 Å². The molecule has 4 nitrogen and oxygen atoms in total. The Hall–Kier alpha value is -1.05. The number of hydrogen-bond acceptors (Lipinski definition) is 3. The van der Waals surface area contributed by atoms with Gasteiger partial charge in [-0.3, -0.25) is 10.1 Å². The highest BCUT2D eigenvalue weighted by atomic mass is 127. The number of nitro benzene ring substituents is 1. The molecule has 0 saturated heterocycles. The Morgan fingerprint density at radius 2 is 1.68 bits per heavy atom. The van der Waals surface area contributed by atoms with Crippen LogP contribution < -0.4 is 5.32 Å². The molecule has 0 saturated carbocycles. The number of hydrogen-bond donors (Lipinski definition) is 1. The first-order chi connectivity index (χ1) is 8.97. The van der Waals surface area contributed by atoms with Crippen molar-refractivity contribution < 1.29 is 4.92 Å². The average Bonchev–Trinajstić information content (AvgIpc) is 2.33. The molecule has 0 aliphatic heterocycles. The maximum Gasteiger partial charge on any atom is 0.282 e. The molecule has 0 aliphatic carbocycles. The monoisotopic (exact) mass is 408 g/mol. The molecule has 98 valence electrons. The Bertz CT molecular complexity index is 650. The van der Waals surface area contributed by atoms with Crippen molar-refractivity contribution in [3.05, 3.63) is 60.1 Å². The number of halogens is 3. The summed E-state index contributed by atoms with van der Waals surface area (Å²) in [7, 11) is 0. The minimum atomic E-state index is -0.412. The Balaban J connectivity index is 2.26. The van der Waals surface area contributed by atoms with E-state index >= 15 is 0 Å². The average molecular weight is 409 g/mol. The summed E-state index contributed by atoms with van der Waals surface area (Å²) in [4.78, 5) is 10.3. The first kappa shape index (κ1) is 14.4. The molecule has 1 N–H and O–H groups in total. The van der Waals surface area contributed by atoms with Crippen LogP contribution in [0, 0.1) is 13.7 Å². The van der Waals surface area contributed by atoms with Gasteiger partial charge in [-0.2, -0.15) is 0 Å². The number of nitrogens with zero attached hydrogens (tertiary/aromatic N) is 1. The number of rotatable bonds is 3. The summed E-state index contributed by atoms with van der Waals surface area (Å²) in [6, 6.07) is 9.95. The van der Waals surface area contributed by atoms with E-state index in [-0.39, 0.29) is 5.69 Å². The molecule has 2 rings (SSSR count). The van der Waals surface area contributed by atoms with Gasteiger partial charge in [0.2, 0.25) is 0 Å². The summed E-state index contributed by atoms with van der Waals surface area (Å²) in [6.45, 7) is 0. The lowest BCUT2D eigenvalue weighted by Crippen LogP contribution is -1.94. The lowest BCUT2D eigenvalue weighted by atomic mass is 10.2. The second-order valence-corrected chi connectivity index (χ2v) is 5.65. The van der Waals surface area contributed by atoms with Gasteiger partial charge in [-0.15, -0.1) is 0 Å². The third-order valence-corrected chi connectivity index (χ3v) is 3.96. The molecule has 0 fully saturated rings. The topological polar surface area (TPSA) is 55.2 Å². The van der Waals surface area contributed by atoms with E-state index < -0.39 is 4.92 Å². The molecule has 0 heterocycles. The van der Waals surface area contributed by atoms with E-state index in [1.165, 1.54) is 6.07 Å². The Morgan fingerprint density at radius 1 is 1.05 bits per heavy atom. The van der Waals surface area contributed by atoms with Crippen LogP contribution >= 0.6 is 45.8 Å². The van der Waals surface area contributed by atoms with Crippen molar-refractivity contribution in [3.8, 4) is 0 Å². The van der Waals surface area contributed by atoms with Crippen molar-refractivity contribution in [2.75, 3.05) is 5.32 Å². The van der Waals surface area contributed by atoms with Crippen LogP contribution in [0.2, 0.25) is 10.0 Å². The molecule has 19 heavy (non-hydrogen) atoms. The predicted octanol–water partition coefficient (Wildman–Crippen LogP) is 5.25. The largest absolute Gasteiger partial charge is 0.355 e. The van der Waals surface area contributed by atoms with Gasteiger partial charge in [0.1, 0.15) is 0 Å². The summed E-state index contributed by atoms with van der Waals surface area (Å²) in [5.74, 6) is 0. The Kier molecular flexibility index (Phi) is 4.49. The Labute approximate surface area is 133 Å². The van der Waals surface area contributed by atoms with Gasteiger partial charge in [0.15, 0.2) is 0 Å². The number of anilines is 2. The van der Waals surface area contributed by atoms with Gasteiger partial charge in [-0.1, -0.05) is 23.2 Å². The van der Waals surface area contributed by atoms with Crippen molar-refractivity contribution in [1.29, 1.82) is 0 Å². The normalized spacial score (nSPS) is 10.3. The van der Waals surface area contributed by atoms with Crippen LogP contribution in [-0.2, 0) is 0 Å². The summed E-state index contributed by atoms with van der Waals surface area (Å²) < 4.78 is 0.563. The van der Waals surface area contributed by atoms with Crippen molar-refractivity contribution in [1.82, 2.24) is 0 Å². The van der Waals surface area contributed by atoms with Crippen LogP contribution in [0.5, 0.6) is 0 Å².